The molecule has 3 aromatic heterocycles. The Balaban J connectivity index is 1.30. The Bertz CT molecular complexity index is 2240. The number of fused-ring (bicyclic) bond motifs is 9. The van der Waals surface area contributed by atoms with Crippen LogP contribution in [0.15, 0.2) is 119 Å². The van der Waals surface area contributed by atoms with Crippen molar-refractivity contribution in [1.82, 2.24) is 9.13 Å². The van der Waals surface area contributed by atoms with Gasteiger partial charge in [0.1, 0.15) is 0 Å². The molecule has 1 aliphatic rings. The lowest BCUT2D eigenvalue weighted by molar-refractivity contribution is 1.19. The van der Waals surface area contributed by atoms with Crippen molar-refractivity contribution in [3.05, 3.63) is 130 Å². The topological polar surface area (TPSA) is 9.86 Å². The summed E-state index contributed by atoms with van der Waals surface area (Å²) in [5, 5.41) is 6.60. The standard InChI is InChI=1S/C35H21IN2S/c1-5-13-29-23(9-1)24-10-2-6-14-30(24)37(29)22-17-18-33-28(21-22)27-19-20-36-35(34(27)39-33)38-31-15-7-3-11-25(31)26-12-4-8-16-32(26)38/h1-21H. The summed E-state index contributed by atoms with van der Waals surface area (Å²) >= 11 is 1.68. The van der Waals surface area contributed by atoms with Gasteiger partial charge in [-0.25, -0.2) is 0 Å². The van der Waals surface area contributed by atoms with Gasteiger partial charge in [-0.05, 0) is 52.6 Å². The Hall–Kier alpha value is -4.00. The third-order valence-corrected chi connectivity index (χ3v) is 11.8. The maximum Gasteiger partial charge on any atom is 0.0973 e. The quantitative estimate of drug-likeness (QED) is 0.169. The lowest BCUT2D eigenvalue weighted by Crippen LogP contribution is -2.11. The Morgan fingerprint density at radius 3 is 1.59 bits per heavy atom. The summed E-state index contributed by atoms with van der Waals surface area (Å²) in [7, 11) is 0. The van der Waals surface area contributed by atoms with Crippen LogP contribution in [0.5, 0.6) is 0 Å². The van der Waals surface area contributed by atoms with E-state index in [9.17, 15) is 0 Å². The van der Waals surface area contributed by atoms with E-state index in [1.165, 1.54) is 73.5 Å². The van der Waals surface area contributed by atoms with Crippen LogP contribution in [-0.4, -0.2) is 12.8 Å². The van der Waals surface area contributed by atoms with Crippen LogP contribution >= 0.6 is 32.1 Å². The number of aromatic nitrogens is 2. The molecule has 0 saturated heterocycles. The second-order valence-corrected chi connectivity index (χ2v) is 13.4. The lowest BCUT2D eigenvalue weighted by Gasteiger charge is -2.14. The van der Waals surface area contributed by atoms with E-state index in [1.54, 1.807) is 0 Å². The molecule has 5 aromatic carbocycles. The molecular formula is C35H21IN2S. The van der Waals surface area contributed by atoms with Gasteiger partial charge in [0.15, 0.2) is 0 Å². The predicted octanol–water partition coefficient (Wildman–Crippen LogP) is 10.1. The van der Waals surface area contributed by atoms with Crippen molar-refractivity contribution < 1.29 is 0 Å². The van der Waals surface area contributed by atoms with E-state index in [4.69, 9.17) is 0 Å². The van der Waals surface area contributed by atoms with E-state index in [0.717, 1.165) is 0 Å². The summed E-state index contributed by atoms with van der Waals surface area (Å²) in [6.45, 7) is 0. The molecule has 0 N–H and O–H groups in total. The van der Waals surface area contributed by atoms with E-state index in [1.807, 2.05) is 11.3 Å². The molecule has 0 fully saturated rings. The zero-order chi connectivity index (χ0) is 25.5. The van der Waals surface area contributed by atoms with Crippen LogP contribution in [0, 0.1) is 0 Å². The Labute approximate surface area is 238 Å². The number of nitrogens with zero attached hydrogens (tertiary/aromatic N) is 2. The maximum absolute atomic E-state index is 2.55. The van der Waals surface area contributed by atoms with Gasteiger partial charge in [-0.2, -0.15) is 0 Å². The van der Waals surface area contributed by atoms with Crippen molar-refractivity contribution >= 4 is 95.5 Å². The first-order valence-electron chi connectivity index (χ1n) is 13.1. The summed E-state index contributed by atoms with van der Waals surface area (Å²) in [6, 6.07) is 42.2. The van der Waals surface area contributed by atoms with Gasteiger partial charge in [-0.15, -0.1) is 11.3 Å². The number of hydrogen-bond donors (Lipinski definition) is 0. The Morgan fingerprint density at radius 1 is 0.513 bits per heavy atom. The van der Waals surface area contributed by atoms with E-state index < -0.39 is 0 Å². The highest BCUT2D eigenvalue weighted by atomic mass is 127. The molecule has 0 amide bonds. The lowest BCUT2D eigenvalue weighted by atomic mass is 10.1. The molecule has 9 rings (SSSR count). The highest BCUT2D eigenvalue weighted by Crippen LogP contribution is 2.42. The van der Waals surface area contributed by atoms with Crippen molar-refractivity contribution in [2.45, 2.75) is 0 Å². The third kappa shape index (κ3) is 3.04. The van der Waals surface area contributed by atoms with E-state index in [0.29, 0.717) is 0 Å². The van der Waals surface area contributed by atoms with E-state index >= 15 is 0 Å². The first-order valence-corrected chi connectivity index (χ1v) is 16.2. The van der Waals surface area contributed by atoms with Gasteiger partial charge in [0.05, 0.1) is 30.6 Å². The third-order valence-electron chi connectivity index (χ3n) is 7.91. The van der Waals surface area contributed by atoms with Crippen molar-refractivity contribution in [3.63, 3.8) is 0 Å². The monoisotopic (exact) mass is 628 g/mol. The average molecular weight is 629 g/mol. The number of thiophene rings is 1. The second-order valence-electron chi connectivity index (χ2n) is 9.96. The van der Waals surface area contributed by atoms with Crippen LogP contribution in [0.3, 0.4) is 0 Å². The maximum atomic E-state index is 2.55. The van der Waals surface area contributed by atoms with Crippen LogP contribution in [0.2, 0.25) is 0 Å². The van der Waals surface area contributed by atoms with Gasteiger partial charge in [0, 0.05) is 42.9 Å². The number of halogens is 1. The SMILES string of the molecule is C1=Cc2c(sc3ccc(-n4c5ccccc5c5ccccc54)cc23)C(n2c3ccccc3c3ccccc32)=I1. The number of rotatable bonds is 2. The zero-order valence-corrected chi connectivity index (χ0v) is 23.8. The smallest absolute Gasteiger partial charge is 0.0973 e. The number of benzene rings is 5. The number of hydrogen-bond acceptors (Lipinski definition) is 1. The normalized spacial score (nSPS) is 13.4. The molecule has 0 aliphatic carbocycles. The summed E-state index contributed by atoms with van der Waals surface area (Å²) in [5.41, 5.74) is 7.69. The van der Waals surface area contributed by atoms with Crippen molar-refractivity contribution in [2.75, 3.05) is 0 Å². The molecule has 39 heavy (non-hydrogen) atoms. The van der Waals surface area contributed by atoms with E-state index in [-0.39, 0.29) is 20.7 Å². The Kier molecular flexibility index (Phi) is 4.63. The fourth-order valence-electron chi connectivity index (χ4n) is 6.25. The van der Waals surface area contributed by atoms with Crippen LogP contribution < -0.4 is 0 Å². The van der Waals surface area contributed by atoms with Gasteiger partial charge in [-0.1, -0.05) is 93.5 Å². The van der Waals surface area contributed by atoms with Gasteiger partial charge in [-0.3, -0.25) is 0 Å². The summed E-state index contributed by atoms with van der Waals surface area (Å²) < 4.78 is 10.2. The minimum Gasteiger partial charge on any atom is -0.309 e. The minimum atomic E-state index is -0.269. The first-order chi connectivity index (χ1) is 19.4. The molecule has 0 spiro atoms. The summed E-state index contributed by atoms with van der Waals surface area (Å²) in [6.07, 6.45) is 2.38. The highest BCUT2D eigenvalue weighted by Gasteiger charge is 2.22. The Morgan fingerprint density at radius 2 is 1.03 bits per heavy atom. The summed E-state index contributed by atoms with van der Waals surface area (Å²) in [4.78, 5) is 1.42. The van der Waals surface area contributed by atoms with Crippen molar-refractivity contribution in [3.8, 4) is 5.69 Å². The van der Waals surface area contributed by atoms with Gasteiger partial charge in [0.25, 0.3) is 0 Å². The van der Waals surface area contributed by atoms with Gasteiger partial charge in [0.2, 0.25) is 0 Å². The number of para-hydroxylation sites is 4. The van der Waals surface area contributed by atoms with Crippen LogP contribution in [0.25, 0.3) is 65.5 Å². The van der Waals surface area contributed by atoms with Gasteiger partial charge < -0.3 is 9.13 Å². The fraction of sp³-hybridized carbons (Fsp3) is 0. The molecule has 0 saturated carbocycles. The molecule has 0 bridgehead atoms. The molecule has 1 aliphatic heterocycles. The van der Waals surface area contributed by atoms with E-state index in [2.05, 4.69) is 135 Å². The van der Waals surface area contributed by atoms with Crippen molar-refractivity contribution in [1.29, 1.82) is 0 Å². The molecule has 0 unspecified atom stereocenters. The molecule has 4 heteroatoms. The van der Waals surface area contributed by atoms with Gasteiger partial charge >= 0.3 is 0 Å². The average Bonchev–Trinajstić information content (AvgIpc) is 3.65. The highest BCUT2D eigenvalue weighted by molar-refractivity contribution is 14.2. The molecule has 4 heterocycles. The van der Waals surface area contributed by atoms with Crippen LogP contribution in [-0.2, 0) is 0 Å². The molecular weight excluding hydrogens is 607 g/mol. The van der Waals surface area contributed by atoms with Crippen molar-refractivity contribution in [2.24, 2.45) is 0 Å². The predicted molar refractivity (Wildman–Crippen MR) is 178 cm³/mol. The molecule has 184 valence electrons. The van der Waals surface area contributed by atoms with Crippen LogP contribution in [0.1, 0.15) is 10.4 Å². The van der Waals surface area contributed by atoms with Crippen LogP contribution in [0.4, 0.5) is 0 Å². The molecule has 2 nitrogen and oxygen atoms in total. The minimum absolute atomic E-state index is 0.269. The fourth-order valence-corrected chi connectivity index (χ4v) is 10.2. The second kappa shape index (κ2) is 8.25. The summed E-state index contributed by atoms with van der Waals surface area (Å²) in [5.74, 6) is 0. The molecule has 0 atom stereocenters. The zero-order valence-electron chi connectivity index (χ0n) is 20.8. The first kappa shape index (κ1) is 21.9. The largest absolute Gasteiger partial charge is 0.309 e. The molecule has 0 radical (unpaired) electrons. The molecule has 8 aromatic rings.